The molecule has 1 aliphatic carbocycles. The summed E-state index contributed by atoms with van der Waals surface area (Å²) in [6, 6.07) is 0.460. The minimum atomic E-state index is -0.312. The molecule has 2 fully saturated rings. The highest BCUT2D eigenvalue weighted by Crippen LogP contribution is 2.29. The van der Waals surface area contributed by atoms with Gasteiger partial charge in [0.05, 0.1) is 5.54 Å². The number of likely N-dealkylation sites (N-methyl/N-ethyl adjacent to an activating group) is 1. The molecule has 104 valence electrons. The van der Waals surface area contributed by atoms with E-state index in [0.29, 0.717) is 11.9 Å². The van der Waals surface area contributed by atoms with Crippen LogP contribution in [0.1, 0.15) is 58.8 Å². The summed E-state index contributed by atoms with van der Waals surface area (Å²) in [4.78, 5) is 14.7. The number of hydrogen-bond donors (Lipinski definition) is 1. The summed E-state index contributed by atoms with van der Waals surface area (Å²) in [5.41, 5.74) is -0.312. The maximum absolute atomic E-state index is 12.7. The van der Waals surface area contributed by atoms with Gasteiger partial charge in [0.1, 0.15) is 0 Å². The third-order valence-corrected chi connectivity index (χ3v) is 4.87. The van der Waals surface area contributed by atoms with E-state index in [2.05, 4.69) is 19.2 Å². The molecular formula is C15H28N2O. The van der Waals surface area contributed by atoms with E-state index >= 15 is 0 Å². The fraction of sp³-hybridized carbons (Fsp3) is 0.933. The van der Waals surface area contributed by atoms with Gasteiger partial charge in [0.2, 0.25) is 5.91 Å². The molecule has 3 heteroatoms. The van der Waals surface area contributed by atoms with Crippen LogP contribution in [0.15, 0.2) is 0 Å². The lowest BCUT2D eigenvalue weighted by atomic mass is 9.84. The first kappa shape index (κ1) is 13.9. The van der Waals surface area contributed by atoms with Crippen molar-refractivity contribution in [2.75, 3.05) is 13.6 Å². The van der Waals surface area contributed by atoms with Gasteiger partial charge in [-0.15, -0.1) is 0 Å². The van der Waals surface area contributed by atoms with Crippen LogP contribution in [0.5, 0.6) is 0 Å². The number of piperidine rings is 1. The SMILES string of the molecule is CC1CCCC(N(C)C(=O)C2(C)CCCCN2)C1. The van der Waals surface area contributed by atoms with Crippen molar-refractivity contribution >= 4 is 5.91 Å². The van der Waals surface area contributed by atoms with E-state index in [1.165, 1.54) is 38.5 Å². The lowest BCUT2D eigenvalue weighted by molar-refractivity contribution is -0.140. The lowest BCUT2D eigenvalue weighted by Gasteiger charge is -2.41. The molecule has 1 saturated heterocycles. The van der Waals surface area contributed by atoms with Crippen LogP contribution in [0.25, 0.3) is 0 Å². The molecule has 0 aromatic rings. The number of amides is 1. The van der Waals surface area contributed by atoms with Gasteiger partial charge in [-0.3, -0.25) is 4.79 Å². The molecule has 1 N–H and O–H groups in total. The minimum Gasteiger partial charge on any atom is -0.341 e. The van der Waals surface area contributed by atoms with E-state index in [9.17, 15) is 4.79 Å². The molecule has 3 nitrogen and oxygen atoms in total. The van der Waals surface area contributed by atoms with E-state index in [0.717, 1.165) is 18.9 Å². The molecule has 1 heterocycles. The van der Waals surface area contributed by atoms with E-state index < -0.39 is 0 Å². The summed E-state index contributed by atoms with van der Waals surface area (Å²) in [5, 5.41) is 3.44. The van der Waals surface area contributed by atoms with E-state index in [1.807, 2.05) is 11.9 Å². The lowest BCUT2D eigenvalue weighted by Crippen LogP contribution is -2.59. The van der Waals surface area contributed by atoms with Crippen molar-refractivity contribution in [2.24, 2.45) is 5.92 Å². The number of carbonyl (C=O) groups is 1. The van der Waals surface area contributed by atoms with Crippen molar-refractivity contribution in [2.45, 2.75) is 70.4 Å². The van der Waals surface area contributed by atoms with Crippen molar-refractivity contribution in [3.05, 3.63) is 0 Å². The second-order valence-corrected chi connectivity index (χ2v) is 6.56. The Bertz CT molecular complexity index is 297. The normalized spacial score (nSPS) is 37.3. The second kappa shape index (κ2) is 5.60. The molecule has 2 aliphatic rings. The first-order valence-electron chi connectivity index (χ1n) is 7.55. The molecule has 0 bridgehead atoms. The van der Waals surface area contributed by atoms with E-state index in [1.54, 1.807) is 0 Å². The third-order valence-electron chi connectivity index (χ3n) is 4.87. The van der Waals surface area contributed by atoms with Crippen LogP contribution in [0.4, 0.5) is 0 Å². The monoisotopic (exact) mass is 252 g/mol. The molecule has 1 saturated carbocycles. The van der Waals surface area contributed by atoms with Gasteiger partial charge in [-0.05, 0) is 51.5 Å². The first-order valence-corrected chi connectivity index (χ1v) is 7.55. The molecule has 0 spiro atoms. The van der Waals surface area contributed by atoms with Crippen LogP contribution < -0.4 is 5.32 Å². The van der Waals surface area contributed by atoms with Gasteiger partial charge < -0.3 is 10.2 Å². The molecule has 2 rings (SSSR count). The summed E-state index contributed by atoms with van der Waals surface area (Å²) >= 11 is 0. The highest BCUT2D eigenvalue weighted by atomic mass is 16.2. The van der Waals surface area contributed by atoms with Crippen LogP contribution in [0.2, 0.25) is 0 Å². The average molecular weight is 252 g/mol. The number of carbonyl (C=O) groups excluding carboxylic acids is 1. The number of nitrogens with zero attached hydrogens (tertiary/aromatic N) is 1. The quantitative estimate of drug-likeness (QED) is 0.819. The van der Waals surface area contributed by atoms with Crippen molar-refractivity contribution in [3.63, 3.8) is 0 Å². The summed E-state index contributed by atoms with van der Waals surface area (Å²) in [5.74, 6) is 1.08. The minimum absolute atomic E-state index is 0.307. The summed E-state index contributed by atoms with van der Waals surface area (Å²) < 4.78 is 0. The maximum Gasteiger partial charge on any atom is 0.242 e. The fourth-order valence-corrected chi connectivity index (χ4v) is 3.55. The number of hydrogen-bond acceptors (Lipinski definition) is 2. The van der Waals surface area contributed by atoms with Gasteiger partial charge in [0.25, 0.3) is 0 Å². The zero-order valence-corrected chi connectivity index (χ0v) is 12.2. The van der Waals surface area contributed by atoms with Crippen LogP contribution in [0, 0.1) is 5.92 Å². The van der Waals surface area contributed by atoms with Gasteiger partial charge in [-0.25, -0.2) is 0 Å². The van der Waals surface area contributed by atoms with Crippen molar-refractivity contribution in [3.8, 4) is 0 Å². The highest BCUT2D eigenvalue weighted by Gasteiger charge is 2.38. The summed E-state index contributed by atoms with van der Waals surface area (Å²) in [6.07, 6.45) is 8.32. The molecule has 1 aliphatic heterocycles. The van der Waals surface area contributed by atoms with Gasteiger partial charge in [-0.2, -0.15) is 0 Å². The van der Waals surface area contributed by atoms with Crippen LogP contribution in [0.3, 0.4) is 0 Å². The first-order chi connectivity index (χ1) is 8.53. The standard InChI is InChI=1S/C15H28N2O/c1-12-7-6-8-13(11-12)17(3)14(18)15(2)9-4-5-10-16-15/h12-13,16H,4-11H2,1-3H3. The summed E-state index contributed by atoms with van der Waals surface area (Å²) in [6.45, 7) is 5.37. The topological polar surface area (TPSA) is 32.3 Å². The largest absolute Gasteiger partial charge is 0.341 e. The third kappa shape index (κ3) is 2.87. The van der Waals surface area contributed by atoms with E-state index in [-0.39, 0.29) is 5.54 Å². The Labute approximate surface area is 111 Å². The Morgan fingerprint density at radius 3 is 2.67 bits per heavy atom. The predicted octanol–water partition coefficient (Wildman–Crippen LogP) is 2.56. The number of nitrogens with one attached hydrogen (secondary N) is 1. The van der Waals surface area contributed by atoms with Crippen molar-refractivity contribution < 1.29 is 4.79 Å². The van der Waals surface area contributed by atoms with Crippen LogP contribution in [-0.4, -0.2) is 36.0 Å². The Morgan fingerprint density at radius 1 is 1.28 bits per heavy atom. The van der Waals surface area contributed by atoms with Gasteiger partial charge in [0, 0.05) is 13.1 Å². The van der Waals surface area contributed by atoms with Gasteiger partial charge in [0.15, 0.2) is 0 Å². The van der Waals surface area contributed by atoms with Crippen LogP contribution >= 0.6 is 0 Å². The van der Waals surface area contributed by atoms with E-state index in [4.69, 9.17) is 0 Å². The zero-order chi connectivity index (χ0) is 13.2. The van der Waals surface area contributed by atoms with Crippen molar-refractivity contribution in [1.82, 2.24) is 10.2 Å². The fourth-order valence-electron chi connectivity index (χ4n) is 3.55. The predicted molar refractivity (Wildman–Crippen MR) is 74.4 cm³/mol. The Hall–Kier alpha value is -0.570. The molecule has 3 atom stereocenters. The molecule has 1 amide bonds. The molecule has 0 radical (unpaired) electrons. The molecular weight excluding hydrogens is 224 g/mol. The molecule has 3 unspecified atom stereocenters. The van der Waals surface area contributed by atoms with Crippen LogP contribution in [-0.2, 0) is 4.79 Å². The summed E-state index contributed by atoms with van der Waals surface area (Å²) in [7, 11) is 2.01. The number of rotatable bonds is 2. The molecule has 0 aromatic heterocycles. The van der Waals surface area contributed by atoms with Gasteiger partial charge in [-0.1, -0.05) is 19.8 Å². The van der Waals surface area contributed by atoms with Gasteiger partial charge >= 0.3 is 0 Å². The Balaban J connectivity index is 1.98. The maximum atomic E-state index is 12.7. The smallest absolute Gasteiger partial charge is 0.242 e. The second-order valence-electron chi connectivity index (χ2n) is 6.56. The molecule has 18 heavy (non-hydrogen) atoms. The zero-order valence-electron chi connectivity index (χ0n) is 12.2. The highest BCUT2D eigenvalue weighted by molar-refractivity contribution is 5.86. The Kier molecular flexibility index (Phi) is 4.31. The molecule has 0 aromatic carbocycles. The average Bonchev–Trinajstić information content (AvgIpc) is 2.38. The Morgan fingerprint density at radius 2 is 2.06 bits per heavy atom. The van der Waals surface area contributed by atoms with Crippen molar-refractivity contribution in [1.29, 1.82) is 0 Å².